The Kier molecular flexibility index (Phi) is 19.4. The molecule has 90 heavy (non-hydrogen) atoms. The Morgan fingerprint density at radius 2 is 0.444 bits per heavy atom. The number of aliphatic hydroxyl groups is 2. The van der Waals surface area contributed by atoms with E-state index in [1.54, 1.807) is 0 Å². The average Bonchev–Trinajstić information content (AvgIpc) is 0.760. The van der Waals surface area contributed by atoms with Crippen LogP contribution in [0, 0.1) is 71.0 Å². The maximum atomic E-state index is 12.8. The van der Waals surface area contributed by atoms with Crippen molar-refractivity contribution >= 4 is 113 Å². The quantitative estimate of drug-likeness (QED) is 0.0251. The second kappa shape index (κ2) is 28.4. The molecule has 10 nitrogen and oxygen atoms in total. The van der Waals surface area contributed by atoms with Gasteiger partial charge < -0.3 is 20.0 Å². The number of rotatable bonds is 20. The number of phosphoric ester groups is 2. The Bertz CT molecular complexity index is 4850. The topological polar surface area (TPSA) is 152 Å². The van der Waals surface area contributed by atoms with Crippen molar-refractivity contribution in [1.29, 1.82) is 0 Å². The van der Waals surface area contributed by atoms with Gasteiger partial charge in [0.05, 0.1) is 26.4 Å². The van der Waals surface area contributed by atoms with Gasteiger partial charge in [-0.2, -0.15) is 0 Å². The van der Waals surface area contributed by atoms with Gasteiger partial charge in [0.15, 0.2) is 0 Å². The lowest BCUT2D eigenvalue weighted by atomic mass is 9.90. The third-order valence-corrected chi connectivity index (χ3v) is 18.1. The fraction of sp³-hybridized carbons (Fsp3) is 0.231. The van der Waals surface area contributed by atoms with Crippen LogP contribution >= 0.6 is 15.6 Å². The standard InChI is InChI=1S/C78H64O10P2/c79-49-13-1-7-19-55-25-31-61-39-45-69-57(27-33-63-37-43-67(55)73(61)75(63)69)21-9-3-15-51-85-89(81,82)87-53-17-5-11-23-59-29-35-65-42-48-72-60(30-36-66-41-47-71(59)77(65)78(66)72)24-12-6-18-54-88-90(83,84)86-52-16-4-10-22-58-28-34-64-38-44-68-56(20-8-2-14-50-80)26-32-62-40-46-70(58)76(64)74(62)68/h25-48,79-80H,1-6,13-18,49-54H2,(H,81,82)(H,83,84). The Labute approximate surface area is 523 Å². The molecule has 0 aliphatic heterocycles. The lowest BCUT2D eigenvalue weighted by Gasteiger charge is -2.13. The highest BCUT2D eigenvalue weighted by Gasteiger charge is 2.22. The maximum absolute atomic E-state index is 12.8. The van der Waals surface area contributed by atoms with Gasteiger partial charge in [0.25, 0.3) is 0 Å². The summed E-state index contributed by atoms with van der Waals surface area (Å²) in [5.74, 6) is 39.2. The molecule has 0 spiro atoms. The van der Waals surface area contributed by atoms with E-state index in [0.29, 0.717) is 77.0 Å². The van der Waals surface area contributed by atoms with E-state index in [9.17, 15) is 18.9 Å². The highest BCUT2D eigenvalue weighted by atomic mass is 31.2. The van der Waals surface area contributed by atoms with Crippen LogP contribution in [0.1, 0.15) is 110 Å². The first-order valence-electron chi connectivity index (χ1n) is 30.6. The Balaban J connectivity index is 0.583. The molecule has 0 amide bonds. The van der Waals surface area contributed by atoms with E-state index in [0.717, 1.165) is 130 Å². The molecule has 0 heterocycles. The van der Waals surface area contributed by atoms with Gasteiger partial charge in [-0.3, -0.25) is 18.1 Å². The van der Waals surface area contributed by atoms with Crippen molar-refractivity contribution < 1.29 is 47.2 Å². The molecular weight excluding hydrogens is 1160 g/mol. The van der Waals surface area contributed by atoms with E-state index < -0.39 is 15.6 Å². The molecule has 0 aromatic heterocycles. The SMILES string of the molecule is O=P(O)(OCCCC#Cc1ccc2ccc3c(C#CCCCO)ccc4ccc1c2c43)OCCCC#Cc1ccc2ccc3c(C#CCCCOP(=O)(O)OCCCC#Cc4ccc5ccc6c(C#CCCCO)ccc7ccc4c5c76)ccc4ccc1c2c43. The Hall–Kier alpha value is -8.74. The van der Waals surface area contributed by atoms with E-state index in [2.05, 4.69) is 192 Å². The third kappa shape index (κ3) is 13.8. The lowest BCUT2D eigenvalue weighted by molar-refractivity contribution is 0.146. The minimum Gasteiger partial charge on any atom is -0.396 e. The summed E-state index contributed by atoms with van der Waals surface area (Å²) >= 11 is 0. The number of unbranched alkanes of at least 4 members (excludes halogenated alkanes) is 6. The summed E-state index contributed by atoms with van der Waals surface area (Å²) in [7, 11) is -8.53. The number of phosphoric acid groups is 2. The van der Waals surface area contributed by atoms with Gasteiger partial charge in [-0.25, -0.2) is 9.13 Å². The van der Waals surface area contributed by atoms with E-state index in [4.69, 9.17) is 28.3 Å². The van der Waals surface area contributed by atoms with Gasteiger partial charge in [-0.05, 0) is 172 Å². The van der Waals surface area contributed by atoms with Crippen molar-refractivity contribution in [2.45, 2.75) is 77.0 Å². The second-order valence-corrected chi connectivity index (χ2v) is 25.0. The summed E-state index contributed by atoms with van der Waals surface area (Å²) in [5.41, 5.74) is 5.51. The Morgan fingerprint density at radius 3 is 0.633 bits per heavy atom. The first-order valence-corrected chi connectivity index (χ1v) is 33.6. The molecule has 0 saturated heterocycles. The third-order valence-electron chi connectivity index (χ3n) is 16.1. The molecule has 4 N–H and O–H groups in total. The van der Waals surface area contributed by atoms with Crippen molar-refractivity contribution in [1.82, 2.24) is 0 Å². The molecule has 2 unspecified atom stereocenters. The largest absolute Gasteiger partial charge is 0.472 e. The molecule has 0 fully saturated rings. The molecule has 0 radical (unpaired) electrons. The van der Waals surface area contributed by atoms with Crippen molar-refractivity contribution in [2.24, 2.45) is 0 Å². The van der Waals surface area contributed by atoms with Crippen LogP contribution in [0.15, 0.2) is 146 Å². The zero-order valence-electron chi connectivity index (χ0n) is 49.7. The second-order valence-electron chi connectivity index (χ2n) is 22.1. The molecule has 12 rings (SSSR count). The number of hydrogen-bond donors (Lipinski definition) is 4. The van der Waals surface area contributed by atoms with Gasteiger partial charge in [-0.1, -0.05) is 180 Å². The molecule has 0 saturated carbocycles. The molecule has 446 valence electrons. The average molecular weight is 1220 g/mol. The van der Waals surface area contributed by atoms with Crippen LogP contribution in [0.2, 0.25) is 0 Å². The summed E-state index contributed by atoms with van der Waals surface area (Å²) in [6, 6.07) is 50.2. The van der Waals surface area contributed by atoms with Gasteiger partial charge in [0, 0.05) is 85.1 Å². The zero-order chi connectivity index (χ0) is 61.9. The predicted molar refractivity (Wildman–Crippen MR) is 365 cm³/mol. The van der Waals surface area contributed by atoms with Crippen LogP contribution in [0.3, 0.4) is 0 Å². The maximum Gasteiger partial charge on any atom is 0.472 e. The molecular formula is C78H64O10P2. The first kappa shape index (κ1) is 61.5. The number of benzene rings is 12. The van der Waals surface area contributed by atoms with Crippen molar-refractivity contribution in [3.05, 3.63) is 179 Å². The van der Waals surface area contributed by atoms with Gasteiger partial charge in [0.2, 0.25) is 0 Å². The van der Waals surface area contributed by atoms with Gasteiger partial charge in [-0.15, -0.1) is 0 Å². The molecule has 12 aromatic rings. The van der Waals surface area contributed by atoms with E-state index >= 15 is 0 Å². The van der Waals surface area contributed by atoms with Crippen LogP contribution in [0.5, 0.6) is 0 Å². The Morgan fingerprint density at radius 1 is 0.267 bits per heavy atom. The monoisotopic (exact) mass is 1220 g/mol. The first-order chi connectivity index (χ1) is 44.1. The number of aliphatic hydroxyl groups excluding tert-OH is 2. The highest BCUT2D eigenvalue weighted by molar-refractivity contribution is 7.47. The minimum atomic E-state index is -4.27. The molecule has 0 aliphatic carbocycles. The molecule has 12 heteroatoms. The highest BCUT2D eigenvalue weighted by Crippen LogP contribution is 2.45. The predicted octanol–water partition coefficient (Wildman–Crippen LogP) is 16.8. The van der Waals surface area contributed by atoms with E-state index in [-0.39, 0.29) is 39.6 Å². The molecule has 0 bridgehead atoms. The van der Waals surface area contributed by atoms with Crippen molar-refractivity contribution in [3.8, 4) is 71.0 Å². The van der Waals surface area contributed by atoms with Crippen LogP contribution in [0.4, 0.5) is 0 Å². The molecule has 2 atom stereocenters. The fourth-order valence-electron chi connectivity index (χ4n) is 11.8. The molecule has 12 aromatic carbocycles. The normalized spacial score (nSPS) is 12.7. The van der Waals surface area contributed by atoms with E-state index in [1.807, 2.05) is 24.3 Å². The van der Waals surface area contributed by atoms with Crippen LogP contribution in [0.25, 0.3) is 97.0 Å². The van der Waals surface area contributed by atoms with Crippen molar-refractivity contribution in [2.75, 3.05) is 39.6 Å². The fourth-order valence-corrected chi connectivity index (χ4v) is 13.4. The van der Waals surface area contributed by atoms with Crippen LogP contribution in [-0.2, 0) is 27.2 Å². The summed E-state index contributed by atoms with van der Waals surface area (Å²) in [6.07, 6.45) is 6.22. The van der Waals surface area contributed by atoms with Gasteiger partial charge in [0.1, 0.15) is 0 Å². The molecule has 0 aliphatic rings. The number of hydrogen-bond acceptors (Lipinski definition) is 8. The summed E-state index contributed by atoms with van der Waals surface area (Å²) < 4.78 is 46.7. The smallest absolute Gasteiger partial charge is 0.396 e. The zero-order valence-corrected chi connectivity index (χ0v) is 51.5. The summed E-state index contributed by atoms with van der Waals surface area (Å²) in [5, 5.41) is 38.2. The minimum absolute atomic E-state index is 0.0126. The summed E-state index contributed by atoms with van der Waals surface area (Å²) in [6.45, 7) is 0.323. The van der Waals surface area contributed by atoms with Crippen molar-refractivity contribution in [3.63, 3.8) is 0 Å². The van der Waals surface area contributed by atoms with Gasteiger partial charge >= 0.3 is 15.6 Å². The lowest BCUT2D eigenvalue weighted by Crippen LogP contribution is -1.98. The summed E-state index contributed by atoms with van der Waals surface area (Å²) in [4.78, 5) is 20.8. The van der Waals surface area contributed by atoms with Crippen LogP contribution < -0.4 is 0 Å². The van der Waals surface area contributed by atoms with E-state index in [1.165, 1.54) is 0 Å². The van der Waals surface area contributed by atoms with Crippen LogP contribution in [-0.4, -0.2) is 59.6 Å².